The fourth-order valence-electron chi connectivity index (χ4n) is 2.13. The fraction of sp³-hybridized carbons (Fsp3) is 0.533. The van der Waals surface area contributed by atoms with E-state index < -0.39 is 0 Å². The highest BCUT2D eigenvalue weighted by molar-refractivity contribution is 8.00. The van der Waals surface area contributed by atoms with E-state index in [4.69, 9.17) is 5.73 Å². The van der Waals surface area contributed by atoms with Crippen LogP contribution in [0.2, 0.25) is 0 Å². The maximum absolute atomic E-state index is 11.5. The highest BCUT2D eigenvalue weighted by Gasteiger charge is 2.24. The minimum atomic E-state index is -0.121. The molecule has 0 spiro atoms. The molecule has 20 heavy (non-hydrogen) atoms. The average molecular weight is 295 g/mol. The molecule has 0 saturated heterocycles. The summed E-state index contributed by atoms with van der Waals surface area (Å²) >= 11 is 1.89. The first-order valence-electron chi connectivity index (χ1n) is 6.92. The number of rotatable bonds is 7. The van der Waals surface area contributed by atoms with E-state index in [1.807, 2.05) is 17.8 Å². The van der Waals surface area contributed by atoms with E-state index in [1.165, 1.54) is 0 Å². The lowest BCUT2D eigenvalue weighted by molar-refractivity contribution is 0.0963. The first-order valence-corrected chi connectivity index (χ1v) is 8.15. The Morgan fingerprint density at radius 2 is 2.00 bits per heavy atom. The Morgan fingerprint density at radius 3 is 2.45 bits per heavy atom. The van der Waals surface area contributed by atoms with Gasteiger partial charge in [-0.05, 0) is 37.3 Å². The van der Waals surface area contributed by atoms with Gasteiger partial charge in [0.2, 0.25) is 0 Å². The number of hydrogen-bond donors (Lipinski definition) is 3. The summed E-state index contributed by atoms with van der Waals surface area (Å²) in [6.07, 6.45) is 4.36. The summed E-state index contributed by atoms with van der Waals surface area (Å²) < 4.78 is 0.228. The Bertz CT molecular complexity index is 450. The van der Waals surface area contributed by atoms with Crippen LogP contribution in [0.4, 0.5) is 11.4 Å². The number of nitrogen functional groups attached to an aromatic ring is 1. The summed E-state index contributed by atoms with van der Waals surface area (Å²) in [5, 5.41) is 6.01. The minimum absolute atomic E-state index is 0.121. The predicted octanol–water partition coefficient (Wildman–Crippen LogP) is 2.96. The molecule has 0 aliphatic rings. The van der Waals surface area contributed by atoms with Crippen molar-refractivity contribution in [1.29, 1.82) is 0 Å². The van der Waals surface area contributed by atoms with Gasteiger partial charge in [-0.2, -0.15) is 11.8 Å². The third kappa shape index (κ3) is 3.82. The number of benzene rings is 1. The summed E-state index contributed by atoms with van der Waals surface area (Å²) in [5.41, 5.74) is 8.09. The third-order valence-corrected chi connectivity index (χ3v) is 5.45. The maximum Gasteiger partial charge on any atom is 0.251 e. The summed E-state index contributed by atoms with van der Waals surface area (Å²) in [6.45, 7) is 5.28. The normalized spacial score (nSPS) is 11.2. The summed E-state index contributed by atoms with van der Waals surface area (Å²) in [5.74, 6) is -0.121. The van der Waals surface area contributed by atoms with Crippen LogP contribution >= 0.6 is 11.8 Å². The van der Waals surface area contributed by atoms with E-state index >= 15 is 0 Å². The van der Waals surface area contributed by atoms with E-state index in [1.54, 1.807) is 19.2 Å². The molecule has 0 atom stereocenters. The van der Waals surface area contributed by atoms with Gasteiger partial charge >= 0.3 is 0 Å². The molecule has 0 aliphatic carbocycles. The lowest BCUT2D eigenvalue weighted by Gasteiger charge is -2.30. The Hall–Kier alpha value is -1.36. The standard InChI is InChI=1S/C15H25N3OS/c1-5-15(6-2,20-4)10-18-13-8-7-11(9-12(13)16)14(19)17-3/h7-9,18H,5-6,10,16H2,1-4H3,(H,17,19). The molecule has 1 rings (SSSR count). The van der Waals surface area contributed by atoms with Crippen molar-refractivity contribution in [3.05, 3.63) is 23.8 Å². The van der Waals surface area contributed by atoms with Gasteiger partial charge < -0.3 is 16.4 Å². The molecule has 0 unspecified atom stereocenters. The quantitative estimate of drug-likeness (QED) is 0.677. The first kappa shape index (κ1) is 16.7. The molecule has 1 aromatic carbocycles. The van der Waals surface area contributed by atoms with Crippen LogP contribution in [0.15, 0.2) is 18.2 Å². The van der Waals surface area contributed by atoms with Gasteiger partial charge in [0, 0.05) is 23.9 Å². The van der Waals surface area contributed by atoms with Gasteiger partial charge in [0.1, 0.15) is 0 Å². The Labute approximate surface area is 125 Å². The molecule has 5 heteroatoms. The highest BCUT2D eigenvalue weighted by Crippen LogP contribution is 2.31. The van der Waals surface area contributed by atoms with Crippen LogP contribution < -0.4 is 16.4 Å². The van der Waals surface area contributed by atoms with Gasteiger partial charge in [-0.3, -0.25) is 4.79 Å². The van der Waals surface area contributed by atoms with Crippen LogP contribution in [0.1, 0.15) is 37.0 Å². The highest BCUT2D eigenvalue weighted by atomic mass is 32.2. The van der Waals surface area contributed by atoms with Gasteiger partial charge in [0.25, 0.3) is 5.91 Å². The van der Waals surface area contributed by atoms with Crippen molar-refractivity contribution in [1.82, 2.24) is 5.32 Å². The van der Waals surface area contributed by atoms with E-state index in [-0.39, 0.29) is 10.7 Å². The lowest BCUT2D eigenvalue weighted by Crippen LogP contribution is -2.32. The van der Waals surface area contributed by atoms with Crippen LogP contribution in [0.25, 0.3) is 0 Å². The predicted molar refractivity (Wildman–Crippen MR) is 89.6 cm³/mol. The third-order valence-electron chi connectivity index (χ3n) is 3.86. The molecule has 112 valence electrons. The molecule has 1 amide bonds. The number of amides is 1. The number of thioether (sulfide) groups is 1. The van der Waals surface area contributed by atoms with Gasteiger partial charge in [0.05, 0.1) is 11.4 Å². The van der Waals surface area contributed by atoms with Gasteiger partial charge in [-0.15, -0.1) is 0 Å². The Morgan fingerprint density at radius 1 is 1.35 bits per heavy atom. The van der Waals surface area contributed by atoms with Crippen molar-refractivity contribution in [3.8, 4) is 0 Å². The molecule has 0 heterocycles. The smallest absolute Gasteiger partial charge is 0.251 e. The Kier molecular flexibility index (Phi) is 6.20. The molecule has 4 nitrogen and oxygen atoms in total. The van der Waals surface area contributed by atoms with Crippen molar-refractivity contribution in [2.45, 2.75) is 31.4 Å². The zero-order valence-electron chi connectivity index (χ0n) is 12.7. The average Bonchev–Trinajstić information content (AvgIpc) is 2.49. The number of carbonyl (C=O) groups excluding carboxylic acids is 1. The van der Waals surface area contributed by atoms with Crippen LogP contribution in [0.3, 0.4) is 0 Å². The van der Waals surface area contributed by atoms with Crippen molar-refractivity contribution in [2.75, 3.05) is 30.9 Å². The topological polar surface area (TPSA) is 67.2 Å². The zero-order chi connectivity index (χ0) is 15.2. The first-order chi connectivity index (χ1) is 9.51. The van der Waals surface area contributed by atoms with E-state index in [0.29, 0.717) is 11.3 Å². The fourth-order valence-corrected chi connectivity index (χ4v) is 2.92. The second-order valence-corrected chi connectivity index (χ2v) is 6.10. The van der Waals surface area contributed by atoms with Gasteiger partial charge in [0.15, 0.2) is 0 Å². The summed E-state index contributed by atoms with van der Waals surface area (Å²) in [4.78, 5) is 11.5. The van der Waals surface area contributed by atoms with Gasteiger partial charge in [-0.25, -0.2) is 0 Å². The van der Waals surface area contributed by atoms with Crippen LogP contribution in [0.5, 0.6) is 0 Å². The van der Waals surface area contributed by atoms with E-state index in [2.05, 4.69) is 30.7 Å². The van der Waals surface area contributed by atoms with E-state index in [0.717, 1.165) is 25.1 Å². The van der Waals surface area contributed by atoms with Crippen LogP contribution in [-0.2, 0) is 0 Å². The molecule has 4 N–H and O–H groups in total. The van der Waals surface area contributed by atoms with Crippen LogP contribution in [0, 0.1) is 0 Å². The number of carbonyl (C=O) groups is 1. The van der Waals surface area contributed by atoms with Crippen molar-refractivity contribution in [3.63, 3.8) is 0 Å². The van der Waals surface area contributed by atoms with Crippen molar-refractivity contribution >= 4 is 29.0 Å². The number of nitrogens with two attached hydrogens (primary N) is 1. The largest absolute Gasteiger partial charge is 0.397 e. The molecular formula is C15H25N3OS. The van der Waals surface area contributed by atoms with Crippen LogP contribution in [-0.4, -0.2) is 30.5 Å². The molecule has 0 aliphatic heterocycles. The number of hydrogen-bond acceptors (Lipinski definition) is 4. The van der Waals surface area contributed by atoms with Crippen molar-refractivity contribution in [2.24, 2.45) is 0 Å². The number of nitrogens with one attached hydrogen (secondary N) is 2. The summed E-state index contributed by atoms with van der Waals surface area (Å²) in [6, 6.07) is 5.37. The molecular weight excluding hydrogens is 270 g/mol. The molecule has 0 saturated carbocycles. The SMILES string of the molecule is CCC(CC)(CNc1ccc(C(=O)NC)cc1N)SC. The molecule has 0 fully saturated rings. The van der Waals surface area contributed by atoms with Gasteiger partial charge in [-0.1, -0.05) is 13.8 Å². The Balaban J connectivity index is 2.81. The second-order valence-electron chi connectivity index (χ2n) is 4.83. The van der Waals surface area contributed by atoms with E-state index in [9.17, 15) is 4.79 Å². The van der Waals surface area contributed by atoms with Crippen molar-refractivity contribution < 1.29 is 4.79 Å². The minimum Gasteiger partial charge on any atom is -0.397 e. The zero-order valence-corrected chi connectivity index (χ0v) is 13.6. The molecule has 0 radical (unpaired) electrons. The lowest BCUT2D eigenvalue weighted by atomic mass is 10.0. The summed E-state index contributed by atoms with van der Waals surface area (Å²) in [7, 11) is 1.61. The number of anilines is 2. The second kappa shape index (κ2) is 7.43. The molecule has 1 aromatic rings. The molecule has 0 aromatic heterocycles. The molecule has 0 bridgehead atoms. The monoisotopic (exact) mass is 295 g/mol. The maximum atomic E-state index is 11.5.